The molecule has 0 aliphatic rings. The number of benzene rings is 2. The summed E-state index contributed by atoms with van der Waals surface area (Å²) in [6, 6.07) is 11.6. The number of hydrazine groups is 1. The Kier molecular flexibility index (Phi) is 6.81. The standard InChI is InChI=1S/C18H18FN3O4/c1-26-10-9-16(23)20-15-8-7-13(19)11-14(15)18(25)22-21-17(24)12-5-3-2-4-6-12/h2-8,11H,9-10H2,1H3,(H,20,23)(H,21,24)(H,22,25). The topological polar surface area (TPSA) is 96.5 Å². The van der Waals surface area contributed by atoms with Crippen molar-refractivity contribution in [1.29, 1.82) is 0 Å². The van der Waals surface area contributed by atoms with Crippen LogP contribution in [0.5, 0.6) is 0 Å². The van der Waals surface area contributed by atoms with Gasteiger partial charge >= 0.3 is 0 Å². The molecule has 3 N–H and O–H groups in total. The quantitative estimate of drug-likeness (QED) is 0.686. The van der Waals surface area contributed by atoms with Crippen LogP contribution in [0.3, 0.4) is 0 Å². The lowest BCUT2D eigenvalue weighted by Crippen LogP contribution is -2.42. The Morgan fingerprint density at radius 1 is 1.00 bits per heavy atom. The molecule has 2 aromatic rings. The van der Waals surface area contributed by atoms with E-state index in [1.54, 1.807) is 30.3 Å². The number of carbonyl (C=O) groups is 3. The van der Waals surface area contributed by atoms with Gasteiger partial charge in [0.15, 0.2) is 0 Å². The molecule has 0 aliphatic heterocycles. The van der Waals surface area contributed by atoms with Gasteiger partial charge in [0.25, 0.3) is 11.8 Å². The van der Waals surface area contributed by atoms with Gasteiger partial charge in [-0.3, -0.25) is 25.2 Å². The fourth-order valence-electron chi connectivity index (χ4n) is 2.06. The molecule has 0 fully saturated rings. The third kappa shape index (κ3) is 5.38. The number of halogens is 1. The van der Waals surface area contributed by atoms with E-state index in [-0.39, 0.29) is 30.2 Å². The van der Waals surface area contributed by atoms with Crippen LogP contribution < -0.4 is 16.2 Å². The molecule has 0 saturated heterocycles. The third-order valence-electron chi connectivity index (χ3n) is 3.36. The first-order chi connectivity index (χ1) is 12.5. The SMILES string of the molecule is COCCC(=O)Nc1ccc(F)cc1C(=O)NNC(=O)c1ccccc1. The summed E-state index contributed by atoms with van der Waals surface area (Å²) in [7, 11) is 1.46. The first-order valence-corrected chi connectivity index (χ1v) is 7.75. The zero-order chi connectivity index (χ0) is 18.9. The van der Waals surface area contributed by atoms with Crippen molar-refractivity contribution in [2.45, 2.75) is 6.42 Å². The number of carbonyl (C=O) groups excluding carboxylic acids is 3. The van der Waals surface area contributed by atoms with Crippen molar-refractivity contribution in [1.82, 2.24) is 10.9 Å². The maximum Gasteiger partial charge on any atom is 0.271 e. The minimum Gasteiger partial charge on any atom is -0.384 e. The van der Waals surface area contributed by atoms with Gasteiger partial charge in [0.05, 0.1) is 24.3 Å². The minimum absolute atomic E-state index is 0.0830. The molecule has 7 nitrogen and oxygen atoms in total. The van der Waals surface area contributed by atoms with Crippen molar-refractivity contribution in [3.63, 3.8) is 0 Å². The number of anilines is 1. The second kappa shape index (κ2) is 9.28. The summed E-state index contributed by atoms with van der Waals surface area (Å²) < 4.78 is 18.3. The van der Waals surface area contributed by atoms with E-state index >= 15 is 0 Å². The van der Waals surface area contributed by atoms with Gasteiger partial charge < -0.3 is 10.1 Å². The fourth-order valence-corrected chi connectivity index (χ4v) is 2.06. The predicted molar refractivity (Wildman–Crippen MR) is 92.9 cm³/mol. The number of amides is 3. The molecule has 0 atom stereocenters. The molecule has 0 aromatic heterocycles. The third-order valence-corrected chi connectivity index (χ3v) is 3.36. The summed E-state index contributed by atoms with van der Waals surface area (Å²) in [5, 5.41) is 2.51. The first-order valence-electron chi connectivity index (χ1n) is 7.75. The second-order valence-electron chi connectivity index (χ2n) is 5.26. The maximum absolute atomic E-state index is 13.5. The van der Waals surface area contributed by atoms with Crippen molar-refractivity contribution in [2.75, 3.05) is 19.0 Å². The van der Waals surface area contributed by atoms with Gasteiger partial charge in [-0.1, -0.05) is 18.2 Å². The maximum atomic E-state index is 13.5. The molecule has 0 unspecified atom stereocenters. The van der Waals surface area contributed by atoms with Crippen molar-refractivity contribution in [3.05, 3.63) is 65.5 Å². The molecule has 8 heteroatoms. The van der Waals surface area contributed by atoms with Crippen LogP contribution in [0.25, 0.3) is 0 Å². The summed E-state index contributed by atoms with van der Waals surface area (Å²) in [5.41, 5.74) is 4.79. The normalized spacial score (nSPS) is 10.1. The smallest absolute Gasteiger partial charge is 0.271 e. The Morgan fingerprint density at radius 3 is 2.38 bits per heavy atom. The number of nitrogens with one attached hydrogen (secondary N) is 3. The number of hydrogen-bond acceptors (Lipinski definition) is 4. The second-order valence-corrected chi connectivity index (χ2v) is 5.26. The zero-order valence-corrected chi connectivity index (χ0v) is 14.0. The van der Waals surface area contributed by atoms with Crippen LogP contribution in [0.4, 0.5) is 10.1 Å². The number of methoxy groups -OCH3 is 1. The van der Waals surface area contributed by atoms with Crippen LogP contribution >= 0.6 is 0 Å². The van der Waals surface area contributed by atoms with Crippen molar-refractivity contribution in [2.24, 2.45) is 0 Å². The molecule has 0 aliphatic carbocycles. The Hall–Kier alpha value is -3.26. The average molecular weight is 359 g/mol. The highest BCUT2D eigenvalue weighted by Crippen LogP contribution is 2.17. The van der Waals surface area contributed by atoms with Crippen LogP contribution in [0.1, 0.15) is 27.1 Å². The Balaban J connectivity index is 2.06. The Labute approximate surface area is 149 Å². The zero-order valence-electron chi connectivity index (χ0n) is 14.0. The monoisotopic (exact) mass is 359 g/mol. The summed E-state index contributed by atoms with van der Waals surface area (Å²) in [6.07, 6.45) is 0.0830. The van der Waals surface area contributed by atoms with Crippen LogP contribution in [-0.4, -0.2) is 31.4 Å². The minimum atomic E-state index is -0.768. The van der Waals surface area contributed by atoms with Gasteiger partial charge in [-0.05, 0) is 30.3 Å². The highest BCUT2D eigenvalue weighted by molar-refractivity contribution is 6.05. The Morgan fingerprint density at radius 2 is 1.69 bits per heavy atom. The van der Waals surface area contributed by atoms with Crippen LogP contribution in [-0.2, 0) is 9.53 Å². The summed E-state index contributed by atoms with van der Waals surface area (Å²) >= 11 is 0. The predicted octanol–water partition coefficient (Wildman–Crippen LogP) is 1.88. The van der Waals surface area contributed by atoms with Gasteiger partial charge in [0.1, 0.15) is 5.82 Å². The van der Waals surface area contributed by atoms with Crippen molar-refractivity contribution < 1.29 is 23.5 Å². The van der Waals surface area contributed by atoms with Gasteiger partial charge in [-0.25, -0.2) is 4.39 Å². The van der Waals surface area contributed by atoms with E-state index in [2.05, 4.69) is 16.2 Å². The van der Waals surface area contributed by atoms with Crippen LogP contribution in [0.2, 0.25) is 0 Å². The van der Waals surface area contributed by atoms with Gasteiger partial charge in [0, 0.05) is 12.7 Å². The molecular formula is C18H18FN3O4. The molecule has 0 saturated carbocycles. The Bertz CT molecular complexity index is 796. The number of ether oxygens (including phenoxy) is 1. The lowest BCUT2D eigenvalue weighted by molar-refractivity contribution is -0.117. The molecule has 136 valence electrons. The highest BCUT2D eigenvalue weighted by atomic mass is 19.1. The molecule has 2 aromatic carbocycles. The highest BCUT2D eigenvalue weighted by Gasteiger charge is 2.16. The molecule has 0 heterocycles. The molecule has 26 heavy (non-hydrogen) atoms. The largest absolute Gasteiger partial charge is 0.384 e. The molecule has 0 bridgehead atoms. The number of hydrogen-bond donors (Lipinski definition) is 3. The van der Waals surface area contributed by atoms with E-state index in [0.717, 1.165) is 12.1 Å². The van der Waals surface area contributed by atoms with Gasteiger partial charge in [-0.2, -0.15) is 0 Å². The summed E-state index contributed by atoms with van der Waals surface area (Å²) in [6.45, 7) is 0.210. The van der Waals surface area contributed by atoms with E-state index < -0.39 is 17.6 Å². The molecule has 2 rings (SSSR count). The van der Waals surface area contributed by atoms with E-state index in [1.807, 2.05) is 0 Å². The van der Waals surface area contributed by atoms with Gasteiger partial charge in [-0.15, -0.1) is 0 Å². The molecule has 0 spiro atoms. The van der Waals surface area contributed by atoms with Crippen LogP contribution in [0.15, 0.2) is 48.5 Å². The van der Waals surface area contributed by atoms with E-state index in [4.69, 9.17) is 4.74 Å². The summed E-state index contributed by atoms with van der Waals surface area (Å²) in [4.78, 5) is 36.0. The van der Waals surface area contributed by atoms with E-state index in [9.17, 15) is 18.8 Å². The van der Waals surface area contributed by atoms with Crippen molar-refractivity contribution in [3.8, 4) is 0 Å². The van der Waals surface area contributed by atoms with E-state index in [0.29, 0.717) is 5.56 Å². The molecule has 0 radical (unpaired) electrons. The summed E-state index contributed by atoms with van der Waals surface area (Å²) in [5.74, 6) is -2.34. The lowest BCUT2D eigenvalue weighted by atomic mass is 10.1. The van der Waals surface area contributed by atoms with E-state index in [1.165, 1.54) is 13.2 Å². The fraction of sp³-hybridized carbons (Fsp3) is 0.167. The lowest BCUT2D eigenvalue weighted by Gasteiger charge is -2.12. The number of rotatable bonds is 6. The molecular weight excluding hydrogens is 341 g/mol. The van der Waals surface area contributed by atoms with Crippen molar-refractivity contribution >= 4 is 23.4 Å². The molecule has 3 amide bonds. The average Bonchev–Trinajstić information content (AvgIpc) is 2.66. The van der Waals surface area contributed by atoms with Crippen LogP contribution in [0, 0.1) is 5.82 Å². The first kappa shape index (κ1) is 19.1. The van der Waals surface area contributed by atoms with Gasteiger partial charge in [0.2, 0.25) is 5.91 Å².